The molecule has 4 rings (SSSR count). The molecule has 0 saturated carbocycles. The number of nitrogens with zero attached hydrogens (tertiary/aromatic N) is 1. The van der Waals surface area contributed by atoms with E-state index in [2.05, 4.69) is 5.32 Å². The molecule has 3 aromatic rings. The summed E-state index contributed by atoms with van der Waals surface area (Å²) in [5.41, 5.74) is 1.70. The number of aliphatic hydroxyl groups is 1. The van der Waals surface area contributed by atoms with Crippen LogP contribution in [0.25, 0.3) is 0 Å². The van der Waals surface area contributed by atoms with Crippen molar-refractivity contribution in [3.8, 4) is 11.5 Å². The Labute approximate surface area is 247 Å². The van der Waals surface area contributed by atoms with Crippen molar-refractivity contribution in [1.82, 2.24) is 10.2 Å². The maximum atomic E-state index is 13.2. The molecule has 1 saturated heterocycles. The van der Waals surface area contributed by atoms with Crippen molar-refractivity contribution < 1.29 is 34.0 Å². The highest BCUT2D eigenvalue weighted by molar-refractivity contribution is 5.77. The van der Waals surface area contributed by atoms with Crippen LogP contribution in [0.3, 0.4) is 0 Å². The first-order valence-electron chi connectivity index (χ1n) is 14.3. The van der Waals surface area contributed by atoms with Crippen LogP contribution in [0.4, 0.5) is 4.79 Å². The molecular formula is C33H40N2O7. The first-order chi connectivity index (χ1) is 20.4. The fourth-order valence-electron chi connectivity index (χ4n) is 5.57. The highest BCUT2D eigenvalue weighted by atomic mass is 16.5. The third-order valence-electron chi connectivity index (χ3n) is 7.72. The predicted octanol–water partition coefficient (Wildman–Crippen LogP) is 4.80. The van der Waals surface area contributed by atoms with Crippen molar-refractivity contribution >= 4 is 12.0 Å². The van der Waals surface area contributed by atoms with Gasteiger partial charge < -0.3 is 34.6 Å². The minimum atomic E-state index is -1.05. The average molecular weight is 577 g/mol. The van der Waals surface area contributed by atoms with Gasteiger partial charge in [-0.05, 0) is 60.2 Å². The Morgan fingerprint density at radius 3 is 1.98 bits per heavy atom. The van der Waals surface area contributed by atoms with Crippen molar-refractivity contribution in [1.29, 1.82) is 0 Å². The average Bonchev–Trinajstić information content (AvgIpc) is 3.40. The molecule has 0 aliphatic carbocycles. The summed E-state index contributed by atoms with van der Waals surface area (Å²) in [5, 5.41) is 21.6. The van der Waals surface area contributed by atoms with E-state index in [0.717, 1.165) is 34.6 Å². The smallest absolute Gasteiger partial charge is 0.404 e. The number of unbranched alkanes of at least 4 members (excludes halogenated alkanes) is 2. The Kier molecular flexibility index (Phi) is 10.8. The van der Waals surface area contributed by atoms with E-state index in [9.17, 15) is 14.7 Å². The lowest BCUT2D eigenvalue weighted by Gasteiger charge is -2.38. The van der Waals surface area contributed by atoms with Gasteiger partial charge in [-0.3, -0.25) is 4.79 Å². The summed E-state index contributed by atoms with van der Waals surface area (Å²) in [5.74, 6) is 1.42. The second kappa shape index (κ2) is 14.7. The summed E-state index contributed by atoms with van der Waals surface area (Å²) in [6.45, 7) is 0.829. The number of benzene rings is 3. The van der Waals surface area contributed by atoms with Crippen LogP contribution in [-0.2, 0) is 15.1 Å². The van der Waals surface area contributed by atoms with Gasteiger partial charge in [0.2, 0.25) is 5.91 Å². The van der Waals surface area contributed by atoms with Gasteiger partial charge >= 0.3 is 6.09 Å². The minimum absolute atomic E-state index is 0.0365. The number of methoxy groups -OCH3 is 2. The van der Waals surface area contributed by atoms with Gasteiger partial charge in [0.05, 0.1) is 33.0 Å². The maximum absolute atomic E-state index is 13.2. The molecule has 0 spiro atoms. The van der Waals surface area contributed by atoms with Crippen LogP contribution in [0.5, 0.6) is 11.5 Å². The summed E-state index contributed by atoms with van der Waals surface area (Å²) in [4.78, 5) is 25.6. The van der Waals surface area contributed by atoms with Crippen molar-refractivity contribution in [2.45, 2.75) is 49.9 Å². The van der Waals surface area contributed by atoms with Gasteiger partial charge in [-0.2, -0.15) is 0 Å². The summed E-state index contributed by atoms with van der Waals surface area (Å²) < 4.78 is 17.8. The molecule has 1 aliphatic heterocycles. The van der Waals surface area contributed by atoms with E-state index in [1.54, 1.807) is 19.1 Å². The van der Waals surface area contributed by atoms with Gasteiger partial charge in [-0.15, -0.1) is 0 Å². The molecule has 2 unspecified atom stereocenters. The third kappa shape index (κ3) is 7.40. The molecule has 42 heavy (non-hydrogen) atoms. The number of rotatable bonds is 14. The Morgan fingerprint density at radius 2 is 1.43 bits per heavy atom. The van der Waals surface area contributed by atoms with E-state index in [0.29, 0.717) is 32.2 Å². The predicted molar refractivity (Wildman–Crippen MR) is 159 cm³/mol. The summed E-state index contributed by atoms with van der Waals surface area (Å²) in [7, 11) is 3.26. The summed E-state index contributed by atoms with van der Waals surface area (Å²) in [6, 6.07) is 25.2. The Balaban J connectivity index is 1.60. The first kappa shape index (κ1) is 30.9. The molecule has 1 aliphatic rings. The second-order valence-electron chi connectivity index (χ2n) is 10.4. The Morgan fingerprint density at radius 1 is 0.857 bits per heavy atom. The molecule has 1 heterocycles. The highest BCUT2D eigenvalue weighted by Crippen LogP contribution is 2.42. The van der Waals surface area contributed by atoms with Crippen LogP contribution in [0, 0.1) is 0 Å². The molecule has 9 nitrogen and oxygen atoms in total. The van der Waals surface area contributed by atoms with Gasteiger partial charge in [-0.25, -0.2) is 4.79 Å². The third-order valence-corrected chi connectivity index (χ3v) is 7.72. The SMILES string of the molecule is COc1ccc(C(OCC2CC(O)CN2C(=O)CCCCCNC(=O)O)(c2ccccc2)c2ccc(OC)cc2)cc1. The molecule has 0 radical (unpaired) electrons. The minimum Gasteiger partial charge on any atom is -0.497 e. The highest BCUT2D eigenvalue weighted by Gasteiger charge is 2.41. The fraction of sp³-hybridized carbons (Fsp3) is 0.394. The number of carbonyl (C=O) groups excluding carboxylic acids is 1. The van der Waals surface area contributed by atoms with Gasteiger partial charge in [0.15, 0.2) is 0 Å². The topological polar surface area (TPSA) is 118 Å². The lowest BCUT2D eigenvalue weighted by atomic mass is 9.80. The molecule has 3 N–H and O–H groups in total. The van der Waals surface area contributed by atoms with Crippen molar-refractivity contribution in [2.24, 2.45) is 0 Å². The quantitative estimate of drug-likeness (QED) is 0.186. The van der Waals surface area contributed by atoms with Crippen LogP contribution >= 0.6 is 0 Å². The molecule has 2 atom stereocenters. The summed E-state index contributed by atoms with van der Waals surface area (Å²) >= 11 is 0. The van der Waals surface area contributed by atoms with E-state index in [-0.39, 0.29) is 25.1 Å². The van der Waals surface area contributed by atoms with Crippen LogP contribution in [-0.4, -0.2) is 73.2 Å². The maximum Gasteiger partial charge on any atom is 0.404 e. The number of carbonyl (C=O) groups is 2. The standard InChI is InChI=1S/C33H40N2O7/c1-40-29-16-12-25(13-17-29)33(24-9-5-3-6-10-24,26-14-18-30(41-2)19-15-26)42-23-27-21-28(36)22-35(27)31(37)11-7-4-8-20-34-32(38)39/h3,5-6,9-10,12-19,27-28,34,36H,4,7-8,11,20-23H2,1-2H3,(H,38,39). The second-order valence-corrected chi connectivity index (χ2v) is 10.4. The van der Waals surface area contributed by atoms with Gasteiger partial charge in [0.1, 0.15) is 17.1 Å². The number of β-amino-alcohol motifs (C(OH)–C–C–N with tert-alkyl or cyclic N) is 1. The van der Waals surface area contributed by atoms with Crippen LogP contribution in [0.2, 0.25) is 0 Å². The van der Waals surface area contributed by atoms with Crippen LogP contribution in [0.1, 0.15) is 48.8 Å². The zero-order valence-corrected chi connectivity index (χ0v) is 24.2. The van der Waals surface area contributed by atoms with E-state index in [1.807, 2.05) is 78.9 Å². The van der Waals surface area contributed by atoms with E-state index >= 15 is 0 Å². The van der Waals surface area contributed by atoms with Gasteiger partial charge in [-0.1, -0.05) is 61.0 Å². The summed E-state index contributed by atoms with van der Waals surface area (Å²) in [6.07, 6.45) is 1.12. The van der Waals surface area contributed by atoms with Gasteiger partial charge in [0, 0.05) is 19.5 Å². The van der Waals surface area contributed by atoms with E-state index in [4.69, 9.17) is 19.3 Å². The van der Waals surface area contributed by atoms with Crippen LogP contribution in [0.15, 0.2) is 78.9 Å². The number of aliphatic hydroxyl groups excluding tert-OH is 1. The zero-order chi connectivity index (χ0) is 30.0. The molecule has 2 amide bonds. The number of carboxylic acid groups (broad SMARTS) is 1. The lowest BCUT2D eigenvalue weighted by Crippen LogP contribution is -2.42. The normalized spacial score (nSPS) is 16.7. The zero-order valence-electron chi connectivity index (χ0n) is 24.2. The number of ether oxygens (including phenoxy) is 3. The number of hydrogen-bond acceptors (Lipinski definition) is 6. The van der Waals surface area contributed by atoms with E-state index < -0.39 is 17.8 Å². The number of hydrogen-bond donors (Lipinski definition) is 3. The van der Waals surface area contributed by atoms with Crippen molar-refractivity contribution in [3.05, 3.63) is 95.6 Å². The number of nitrogens with one attached hydrogen (secondary N) is 1. The number of likely N-dealkylation sites (tertiary alicyclic amines) is 1. The van der Waals surface area contributed by atoms with Gasteiger partial charge in [0.25, 0.3) is 0 Å². The first-order valence-corrected chi connectivity index (χ1v) is 14.3. The lowest BCUT2D eigenvalue weighted by molar-refractivity contribution is -0.134. The largest absolute Gasteiger partial charge is 0.497 e. The molecule has 224 valence electrons. The molecule has 9 heteroatoms. The van der Waals surface area contributed by atoms with Crippen molar-refractivity contribution in [3.63, 3.8) is 0 Å². The molecule has 3 aromatic carbocycles. The fourth-order valence-corrected chi connectivity index (χ4v) is 5.57. The van der Waals surface area contributed by atoms with Crippen molar-refractivity contribution in [2.75, 3.05) is 33.9 Å². The number of amides is 2. The molecule has 1 fully saturated rings. The van der Waals surface area contributed by atoms with E-state index in [1.165, 1.54) is 0 Å². The Hall–Kier alpha value is -4.08. The molecule has 0 bridgehead atoms. The Bertz CT molecular complexity index is 1230. The molecule has 0 aromatic heterocycles. The molecular weight excluding hydrogens is 536 g/mol. The monoisotopic (exact) mass is 576 g/mol. The van der Waals surface area contributed by atoms with Crippen LogP contribution < -0.4 is 14.8 Å².